The Kier molecular flexibility index (Phi) is 3.47. The number of anilines is 1. The first-order valence-corrected chi connectivity index (χ1v) is 5.82. The lowest BCUT2D eigenvalue weighted by Crippen LogP contribution is -2.14. The predicted octanol–water partition coefficient (Wildman–Crippen LogP) is 3.17. The number of benzene rings is 2. The quantitative estimate of drug-likeness (QED) is 0.765. The molecule has 0 saturated carbocycles. The highest BCUT2D eigenvalue weighted by Gasteiger charge is 2.13. The number of ketones is 1. The summed E-state index contributed by atoms with van der Waals surface area (Å²) in [6.45, 7) is 3.82. The Bertz CT molecular complexity index is 556. The van der Waals surface area contributed by atoms with E-state index in [0.717, 1.165) is 16.8 Å². The Balaban J connectivity index is 2.43. The fourth-order valence-electron chi connectivity index (χ4n) is 1.87. The number of carbonyl (C=O) groups is 1. The van der Waals surface area contributed by atoms with Crippen LogP contribution in [0.5, 0.6) is 0 Å². The molecule has 2 heteroatoms. The largest absolute Gasteiger partial charge is 0.377 e. The van der Waals surface area contributed by atoms with Gasteiger partial charge in [-0.1, -0.05) is 36.4 Å². The Morgan fingerprint density at radius 2 is 1.61 bits per heavy atom. The molecule has 2 nitrogen and oxygen atoms in total. The predicted molar refractivity (Wildman–Crippen MR) is 75.1 cm³/mol. The Hall–Kier alpha value is -2.09. The fraction of sp³-hybridized carbons (Fsp3) is 0.125. The standard InChI is InChI=1S/C16H16NO/c1-12-8-10-13(11-9-12)16(18)14-6-4-5-7-15(14)17(2)3/h4-11H,1H2,2-3H3. The lowest BCUT2D eigenvalue weighted by atomic mass is 10.0. The van der Waals surface area contributed by atoms with E-state index in [0.29, 0.717) is 5.56 Å². The first-order chi connectivity index (χ1) is 8.59. The molecule has 0 aliphatic rings. The number of hydrogen-bond donors (Lipinski definition) is 0. The molecule has 2 aromatic rings. The Morgan fingerprint density at radius 1 is 1.00 bits per heavy atom. The average molecular weight is 238 g/mol. The van der Waals surface area contributed by atoms with E-state index in [1.165, 1.54) is 0 Å². The summed E-state index contributed by atoms with van der Waals surface area (Å²) >= 11 is 0. The smallest absolute Gasteiger partial charge is 0.195 e. The van der Waals surface area contributed by atoms with Gasteiger partial charge in [-0.05, 0) is 24.6 Å². The van der Waals surface area contributed by atoms with Gasteiger partial charge in [0.15, 0.2) is 5.78 Å². The summed E-state index contributed by atoms with van der Waals surface area (Å²) in [5.74, 6) is 0.0410. The SMILES string of the molecule is [CH2]c1ccc(C(=O)c2ccccc2N(C)C)cc1. The summed E-state index contributed by atoms with van der Waals surface area (Å²) in [6, 6.07) is 15.0. The third-order valence-corrected chi connectivity index (χ3v) is 2.85. The van der Waals surface area contributed by atoms with Gasteiger partial charge < -0.3 is 4.90 Å². The number of rotatable bonds is 3. The van der Waals surface area contributed by atoms with Crippen LogP contribution in [0.4, 0.5) is 5.69 Å². The molecule has 1 radical (unpaired) electrons. The van der Waals surface area contributed by atoms with E-state index in [9.17, 15) is 4.79 Å². The first kappa shape index (κ1) is 12.4. The normalized spacial score (nSPS) is 10.2. The van der Waals surface area contributed by atoms with Crippen LogP contribution in [-0.2, 0) is 0 Å². The van der Waals surface area contributed by atoms with Gasteiger partial charge in [-0.25, -0.2) is 0 Å². The van der Waals surface area contributed by atoms with Gasteiger partial charge in [0.25, 0.3) is 0 Å². The zero-order chi connectivity index (χ0) is 13.1. The van der Waals surface area contributed by atoms with Crippen molar-refractivity contribution >= 4 is 11.5 Å². The van der Waals surface area contributed by atoms with Crippen LogP contribution in [0.1, 0.15) is 21.5 Å². The third kappa shape index (κ3) is 2.43. The highest BCUT2D eigenvalue weighted by Crippen LogP contribution is 2.21. The number of nitrogens with zero attached hydrogens (tertiary/aromatic N) is 1. The molecule has 0 N–H and O–H groups in total. The molecule has 0 aliphatic heterocycles. The molecule has 0 fully saturated rings. The summed E-state index contributed by atoms with van der Waals surface area (Å²) in [7, 11) is 3.87. The van der Waals surface area contributed by atoms with E-state index >= 15 is 0 Å². The summed E-state index contributed by atoms with van der Waals surface area (Å²) in [5.41, 5.74) is 3.25. The molecule has 0 aliphatic carbocycles. The second-order valence-corrected chi connectivity index (χ2v) is 4.44. The minimum atomic E-state index is 0.0410. The van der Waals surface area contributed by atoms with E-state index in [1.54, 1.807) is 0 Å². The summed E-state index contributed by atoms with van der Waals surface area (Å²) < 4.78 is 0. The van der Waals surface area contributed by atoms with Crippen molar-refractivity contribution < 1.29 is 4.79 Å². The zero-order valence-electron chi connectivity index (χ0n) is 10.7. The van der Waals surface area contributed by atoms with Crippen molar-refractivity contribution in [1.82, 2.24) is 0 Å². The van der Waals surface area contributed by atoms with Crippen molar-refractivity contribution in [3.63, 3.8) is 0 Å². The van der Waals surface area contributed by atoms with Crippen molar-refractivity contribution in [3.05, 3.63) is 72.1 Å². The van der Waals surface area contributed by atoms with Crippen LogP contribution < -0.4 is 4.90 Å². The maximum absolute atomic E-state index is 12.4. The number of hydrogen-bond acceptors (Lipinski definition) is 2. The first-order valence-electron chi connectivity index (χ1n) is 5.82. The zero-order valence-corrected chi connectivity index (χ0v) is 10.7. The highest BCUT2D eigenvalue weighted by molar-refractivity contribution is 6.12. The molecule has 0 amide bonds. The van der Waals surface area contributed by atoms with E-state index in [1.807, 2.05) is 67.5 Å². The highest BCUT2D eigenvalue weighted by atomic mass is 16.1. The summed E-state index contributed by atoms with van der Waals surface area (Å²) in [5, 5.41) is 0. The van der Waals surface area contributed by atoms with Crippen molar-refractivity contribution in [2.45, 2.75) is 0 Å². The molecule has 2 rings (SSSR count). The van der Waals surface area contributed by atoms with Gasteiger partial charge in [0, 0.05) is 30.9 Å². The second kappa shape index (κ2) is 5.05. The van der Waals surface area contributed by atoms with Crippen molar-refractivity contribution in [2.24, 2.45) is 0 Å². The van der Waals surface area contributed by atoms with Gasteiger partial charge in [0.1, 0.15) is 0 Å². The van der Waals surface area contributed by atoms with Crippen LogP contribution >= 0.6 is 0 Å². The molecular weight excluding hydrogens is 222 g/mol. The molecule has 0 spiro atoms. The maximum Gasteiger partial charge on any atom is 0.195 e. The minimum Gasteiger partial charge on any atom is -0.377 e. The number of carbonyl (C=O) groups excluding carboxylic acids is 1. The molecule has 0 atom stereocenters. The lowest BCUT2D eigenvalue weighted by Gasteiger charge is -2.16. The lowest BCUT2D eigenvalue weighted by molar-refractivity contribution is 0.103. The maximum atomic E-state index is 12.4. The summed E-state index contributed by atoms with van der Waals surface area (Å²) in [6.07, 6.45) is 0. The van der Waals surface area contributed by atoms with Crippen molar-refractivity contribution in [3.8, 4) is 0 Å². The molecule has 0 unspecified atom stereocenters. The van der Waals surface area contributed by atoms with Crippen LogP contribution in [0.3, 0.4) is 0 Å². The van der Waals surface area contributed by atoms with Crippen molar-refractivity contribution in [2.75, 3.05) is 19.0 Å². The van der Waals surface area contributed by atoms with E-state index in [2.05, 4.69) is 6.92 Å². The average Bonchev–Trinajstić information content (AvgIpc) is 2.39. The van der Waals surface area contributed by atoms with Crippen LogP contribution in [0.15, 0.2) is 48.5 Å². The van der Waals surface area contributed by atoms with Crippen LogP contribution in [0.25, 0.3) is 0 Å². The molecular formula is C16H16NO. The van der Waals surface area contributed by atoms with E-state index in [-0.39, 0.29) is 5.78 Å². The molecule has 0 saturated heterocycles. The van der Waals surface area contributed by atoms with E-state index in [4.69, 9.17) is 0 Å². The Labute approximate surface area is 108 Å². The minimum absolute atomic E-state index is 0.0410. The monoisotopic (exact) mass is 238 g/mol. The van der Waals surface area contributed by atoms with Crippen LogP contribution in [0.2, 0.25) is 0 Å². The molecule has 0 heterocycles. The van der Waals surface area contributed by atoms with Gasteiger partial charge in [-0.2, -0.15) is 0 Å². The topological polar surface area (TPSA) is 20.3 Å². The molecule has 91 valence electrons. The van der Waals surface area contributed by atoms with Gasteiger partial charge in [0.2, 0.25) is 0 Å². The molecule has 0 bridgehead atoms. The molecule has 2 aromatic carbocycles. The fourth-order valence-corrected chi connectivity index (χ4v) is 1.87. The van der Waals surface area contributed by atoms with Gasteiger partial charge in [0.05, 0.1) is 0 Å². The van der Waals surface area contributed by atoms with E-state index < -0.39 is 0 Å². The Morgan fingerprint density at radius 3 is 2.22 bits per heavy atom. The van der Waals surface area contributed by atoms with Crippen LogP contribution in [-0.4, -0.2) is 19.9 Å². The molecule has 0 aromatic heterocycles. The van der Waals surface area contributed by atoms with Gasteiger partial charge in [-0.15, -0.1) is 0 Å². The van der Waals surface area contributed by atoms with Crippen LogP contribution in [0, 0.1) is 6.92 Å². The van der Waals surface area contributed by atoms with Gasteiger partial charge in [-0.3, -0.25) is 4.79 Å². The third-order valence-electron chi connectivity index (χ3n) is 2.85. The number of para-hydroxylation sites is 1. The molecule has 18 heavy (non-hydrogen) atoms. The van der Waals surface area contributed by atoms with Crippen molar-refractivity contribution in [1.29, 1.82) is 0 Å². The second-order valence-electron chi connectivity index (χ2n) is 4.44. The van der Waals surface area contributed by atoms with Gasteiger partial charge >= 0.3 is 0 Å². The summed E-state index contributed by atoms with van der Waals surface area (Å²) in [4.78, 5) is 14.4.